The van der Waals surface area contributed by atoms with E-state index in [1.807, 2.05) is 30.3 Å². The minimum atomic E-state index is -0.608. The number of carbonyl (C=O) groups is 3. The molecule has 1 saturated carbocycles. The Balaban J connectivity index is 0.990. The van der Waals surface area contributed by atoms with Crippen LogP contribution in [0.25, 0.3) is 11.1 Å². The summed E-state index contributed by atoms with van der Waals surface area (Å²) < 4.78 is 6.45. The zero-order valence-electron chi connectivity index (χ0n) is 22.0. The molecule has 3 amide bonds. The van der Waals surface area contributed by atoms with Crippen molar-refractivity contribution in [2.24, 2.45) is 11.8 Å². The van der Waals surface area contributed by atoms with Gasteiger partial charge in [-0.1, -0.05) is 48.0 Å². The highest BCUT2D eigenvalue weighted by molar-refractivity contribution is 6.30. The van der Waals surface area contributed by atoms with Gasteiger partial charge in [-0.2, -0.15) is 0 Å². The van der Waals surface area contributed by atoms with Gasteiger partial charge in [0.2, 0.25) is 11.8 Å². The van der Waals surface area contributed by atoms with Crippen molar-refractivity contribution in [3.8, 4) is 16.9 Å². The molecule has 0 spiro atoms. The van der Waals surface area contributed by atoms with Crippen LogP contribution in [0.15, 0.2) is 66.7 Å². The summed E-state index contributed by atoms with van der Waals surface area (Å²) in [6.07, 6.45) is 1.79. The average Bonchev–Trinajstić information content (AvgIpc) is 3.44. The topological polar surface area (TPSA) is 79.0 Å². The number of nitrogens with one attached hydrogen (secondary N) is 1. The number of hydrogen-bond donors (Lipinski definition) is 1. The number of amides is 3. The van der Waals surface area contributed by atoms with Crippen molar-refractivity contribution in [3.05, 3.63) is 88.4 Å². The van der Waals surface area contributed by atoms with Crippen LogP contribution in [-0.2, 0) is 22.7 Å². The second-order valence-corrected chi connectivity index (χ2v) is 11.8. The SMILES string of the molecule is O=C1CCC(N2Cc3cc(OC4CC5CN(Cc6ccccc6-c6ccc(Cl)cc6)CC54)ccc3C2=O)C(=O)N1. The summed E-state index contributed by atoms with van der Waals surface area (Å²) in [5.74, 6) is 1.05. The van der Waals surface area contributed by atoms with E-state index in [0.29, 0.717) is 30.4 Å². The fourth-order valence-electron chi connectivity index (χ4n) is 6.81. The standard InChI is InChI=1S/C32H30ClN3O4/c33-23-7-5-19(6-8-23)25-4-2-1-3-20(25)15-35-16-22-14-29(27(22)18-35)40-24-9-10-26-21(13-24)17-36(32(26)39)28-11-12-30(37)34-31(28)38/h1-10,13,22,27-29H,11-12,14-18H2,(H,34,37,38). The fourth-order valence-corrected chi connectivity index (χ4v) is 6.94. The molecule has 3 aromatic rings. The lowest BCUT2D eigenvalue weighted by Gasteiger charge is -2.39. The van der Waals surface area contributed by atoms with E-state index in [9.17, 15) is 14.4 Å². The van der Waals surface area contributed by atoms with E-state index in [4.69, 9.17) is 16.3 Å². The van der Waals surface area contributed by atoms with E-state index >= 15 is 0 Å². The fraction of sp³-hybridized carbons (Fsp3) is 0.344. The molecule has 0 radical (unpaired) electrons. The Morgan fingerprint density at radius 3 is 2.60 bits per heavy atom. The van der Waals surface area contributed by atoms with Crippen molar-refractivity contribution in [1.82, 2.24) is 15.1 Å². The van der Waals surface area contributed by atoms with E-state index in [-0.39, 0.29) is 24.3 Å². The number of rotatable bonds is 6. The van der Waals surface area contributed by atoms with Gasteiger partial charge in [0, 0.05) is 49.1 Å². The second-order valence-electron chi connectivity index (χ2n) is 11.4. The number of ether oxygens (including phenoxy) is 1. The summed E-state index contributed by atoms with van der Waals surface area (Å²) in [4.78, 5) is 41.0. The normalized spacial score (nSPS) is 25.8. The second kappa shape index (κ2) is 10.1. The van der Waals surface area contributed by atoms with Gasteiger partial charge in [-0.15, -0.1) is 0 Å². The summed E-state index contributed by atoms with van der Waals surface area (Å²) in [5, 5.41) is 3.10. The lowest BCUT2D eigenvalue weighted by atomic mass is 9.73. The molecule has 3 fully saturated rings. The van der Waals surface area contributed by atoms with Gasteiger partial charge in [-0.3, -0.25) is 24.6 Å². The maximum Gasteiger partial charge on any atom is 0.255 e. The molecule has 1 aliphatic carbocycles. The predicted octanol–water partition coefficient (Wildman–Crippen LogP) is 4.67. The highest BCUT2D eigenvalue weighted by Crippen LogP contribution is 2.44. The van der Waals surface area contributed by atoms with Gasteiger partial charge < -0.3 is 9.64 Å². The summed E-state index contributed by atoms with van der Waals surface area (Å²) in [6, 6.07) is 21.6. The van der Waals surface area contributed by atoms with Crippen molar-refractivity contribution in [3.63, 3.8) is 0 Å². The van der Waals surface area contributed by atoms with Crippen molar-refractivity contribution in [2.45, 2.75) is 44.5 Å². The van der Waals surface area contributed by atoms with E-state index < -0.39 is 11.9 Å². The molecule has 7 rings (SSSR count). The third-order valence-corrected chi connectivity index (χ3v) is 9.18. The summed E-state index contributed by atoms with van der Waals surface area (Å²) in [6.45, 7) is 3.32. The van der Waals surface area contributed by atoms with Gasteiger partial charge in [0.1, 0.15) is 17.9 Å². The molecule has 3 heterocycles. The Labute approximate surface area is 238 Å². The number of fused-ring (bicyclic) bond motifs is 2. The van der Waals surface area contributed by atoms with E-state index in [2.05, 4.69) is 46.6 Å². The van der Waals surface area contributed by atoms with Gasteiger partial charge in [0.25, 0.3) is 5.91 Å². The monoisotopic (exact) mass is 555 g/mol. The molecular weight excluding hydrogens is 526 g/mol. The molecule has 2 saturated heterocycles. The van der Waals surface area contributed by atoms with Crippen molar-refractivity contribution in [1.29, 1.82) is 0 Å². The zero-order valence-corrected chi connectivity index (χ0v) is 22.8. The van der Waals surface area contributed by atoms with Crippen LogP contribution in [0.1, 0.15) is 40.7 Å². The largest absolute Gasteiger partial charge is 0.490 e. The van der Waals surface area contributed by atoms with Gasteiger partial charge in [-0.25, -0.2) is 0 Å². The first-order valence-electron chi connectivity index (χ1n) is 13.9. The van der Waals surface area contributed by atoms with Crippen molar-refractivity contribution < 1.29 is 19.1 Å². The van der Waals surface area contributed by atoms with E-state index in [1.54, 1.807) is 4.90 Å². The minimum Gasteiger partial charge on any atom is -0.490 e. The van der Waals surface area contributed by atoms with Gasteiger partial charge in [0.15, 0.2) is 0 Å². The van der Waals surface area contributed by atoms with Crippen LogP contribution < -0.4 is 10.1 Å². The average molecular weight is 556 g/mol. The Morgan fingerprint density at radius 1 is 0.950 bits per heavy atom. The Kier molecular flexibility index (Phi) is 6.36. The Hall–Kier alpha value is -3.68. The third kappa shape index (κ3) is 4.57. The first-order valence-corrected chi connectivity index (χ1v) is 14.3. The first kappa shape index (κ1) is 25.3. The molecule has 4 atom stereocenters. The lowest BCUT2D eigenvalue weighted by molar-refractivity contribution is -0.136. The smallest absolute Gasteiger partial charge is 0.255 e. The number of nitrogens with zero attached hydrogens (tertiary/aromatic N) is 2. The summed E-state index contributed by atoms with van der Waals surface area (Å²) in [5.41, 5.74) is 5.21. The Bertz CT molecular complexity index is 1510. The third-order valence-electron chi connectivity index (χ3n) is 8.93. The highest BCUT2D eigenvalue weighted by atomic mass is 35.5. The number of piperidine rings is 1. The number of hydrogen-bond acceptors (Lipinski definition) is 5. The van der Waals surface area contributed by atoms with Crippen molar-refractivity contribution >= 4 is 29.3 Å². The molecular formula is C32H30ClN3O4. The maximum absolute atomic E-state index is 13.0. The predicted molar refractivity (Wildman–Crippen MR) is 151 cm³/mol. The molecule has 204 valence electrons. The number of imide groups is 1. The molecule has 4 aliphatic rings. The molecule has 1 N–H and O–H groups in total. The van der Waals surface area contributed by atoms with E-state index in [1.165, 1.54) is 16.7 Å². The molecule has 4 unspecified atom stereocenters. The number of halogens is 1. The Morgan fingerprint density at radius 2 is 1.77 bits per heavy atom. The van der Waals surface area contributed by atoms with Crippen LogP contribution in [0, 0.1) is 11.8 Å². The molecule has 0 bridgehead atoms. The molecule has 3 aromatic carbocycles. The number of benzene rings is 3. The molecule has 8 heteroatoms. The summed E-state index contributed by atoms with van der Waals surface area (Å²) in [7, 11) is 0. The number of carbonyl (C=O) groups excluding carboxylic acids is 3. The van der Waals surface area contributed by atoms with Gasteiger partial charge in [-0.05, 0) is 71.3 Å². The maximum atomic E-state index is 13.0. The van der Waals surface area contributed by atoms with Crippen LogP contribution in [-0.4, -0.2) is 52.8 Å². The van der Waals surface area contributed by atoms with Crippen LogP contribution >= 0.6 is 11.6 Å². The molecule has 3 aliphatic heterocycles. The van der Waals surface area contributed by atoms with Crippen LogP contribution in [0.3, 0.4) is 0 Å². The van der Waals surface area contributed by atoms with Crippen LogP contribution in [0.5, 0.6) is 5.75 Å². The molecule has 0 aromatic heterocycles. The van der Waals surface area contributed by atoms with Crippen LogP contribution in [0.4, 0.5) is 0 Å². The lowest BCUT2D eigenvalue weighted by Crippen LogP contribution is -2.52. The van der Waals surface area contributed by atoms with Gasteiger partial charge >= 0.3 is 0 Å². The van der Waals surface area contributed by atoms with Crippen LogP contribution in [0.2, 0.25) is 5.02 Å². The quantitative estimate of drug-likeness (QED) is 0.447. The first-order chi connectivity index (χ1) is 19.4. The minimum absolute atomic E-state index is 0.155. The zero-order chi connectivity index (χ0) is 27.4. The summed E-state index contributed by atoms with van der Waals surface area (Å²) >= 11 is 6.11. The molecule has 7 nitrogen and oxygen atoms in total. The van der Waals surface area contributed by atoms with Crippen molar-refractivity contribution in [2.75, 3.05) is 13.1 Å². The number of likely N-dealkylation sites (tertiary alicyclic amines) is 1. The van der Waals surface area contributed by atoms with Gasteiger partial charge in [0.05, 0.1) is 0 Å². The molecule has 40 heavy (non-hydrogen) atoms. The highest BCUT2D eigenvalue weighted by Gasteiger charge is 2.48. The van der Waals surface area contributed by atoms with E-state index in [0.717, 1.165) is 42.4 Å².